The predicted molar refractivity (Wildman–Crippen MR) is 103 cm³/mol. The Kier molecular flexibility index (Phi) is 6.09. The highest BCUT2D eigenvalue weighted by Crippen LogP contribution is 2.39. The Bertz CT molecular complexity index is 963. The molecule has 0 radical (unpaired) electrons. The van der Waals surface area contributed by atoms with Crippen LogP contribution in [0.5, 0.6) is 11.5 Å². The molecule has 0 bridgehead atoms. The van der Waals surface area contributed by atoms with E-state index in [1.807, 2.05) is 6.07 Å². The van der Waals surface area contributed by atoms with Gasteiger partial charge in [0, 0.05) is 5.39 Å². The van der Waals surface area contributed by atoms with E-state index >= 15 is 0 Å². The Hall–Kier alpha value is -2.85. The third kappa shape index (κ3) is 4.29. The number of thioether (sulfide) groups is 1. The fourth-order valence-electron chi connectivity index (χ4n) is 2.33. The van der Waals surface area contributed by atoms with Crippen molar-refractivity contribution in [2.45, 2.75) is 5.03 Å². The molecule has 0 unspecified atom stereocenters. The van der Waals surface area contributed by atoms with E-state index in [-0.39, 0.29) is 17.6 Å². The van der Waals surface area contributed by atoms with E-state index in [2.05, 4.69) is 21.0 Å². The Labute approximate surface area is 163 Å². The minimum atomic E-state index is -0.370. The van der Waals surface area contributed by atoms with Crippen molar-refractivity contribution in [2.24, 2.45) is 0 Å². The third-order valence-electron chi connectivity index (χ3n) is 3.54. The summed E-state index contributed by atoms with van der Waals surface area (Å²) in [6.07, 6.45) is 1.61. The molecule has 0 aliphatic carbocycles. The maximum absolute atomic E-state index is 12.1. The van der Waals surface area contributed by atoms with Gasteiger partial charge in [-0.2, -0.15) is 5.10 Å². The minimum Gasteiger partial charge on any atom is -0.493 e. The van der Waals surface area contributed by atoms with E-state index < -0.39 is 0 Å². The Morgan fingerprint density at radius 2 is 2.04 bits per heavy atom. The van der Waals surface area contributed by atoms with Crippen LogP contribution in [0, 0.1) is 0 Å². The van der Waals surface area contributed by atoms with E-state index in [0.29, 0.717) is 26.8 Å². The molecule has 3 rings (SSSR count). The van der Waals surface area contributed by atoms with Crippen molar-refractivity contribution in [3.63, 3.8) is 0 Å². The van der Waals surface area contributed by atoms with Crippen molar-refractivity contribution in [3.8, 4) is 11.5 Å². The summed E-state index contributed by atoms with van der Waals surface area (Å²) in [5.41, 5.74) is 4.76. The summed E-state index contributed by atoms with van der Waals surface area (Å²) in [6.45, 7) is 0. The van der Waals surface area contributed by atoms with Gasteiger partial charge in [0.2, 0.25) is 5.91 Å². The molecule has 0 aliphatic heterocycles. The van der Waals surface area contributed by atoms with Crippen molar-refractivity contribution < 1.29 is 19.1 Å². The summed E-state index contributed by atoms with van der Waals surface area (Å²) in [5.74, 6) is 0.399. The number of carbonyl (C=O) groups excluding carboxylic acids is 2. The first kappa shape index (κ1) is 18.9. The number of nitrogens with zero attached hydrogens (tertiary/aromatic N) is 2. The summed E-state index contributed by atoms with van der Waals surface area (Å²) < 4.78 is 10.8. The van der Waals surface area contributed by atoms with Gasteiger partial charge >= 0.3 is 0 Å². The number of aromatic nitrogens is 2. The minimum absolute atomic E-state index is 0.0406. The Balaban J connectivity index is 1.69. The van der Waals surface area contributed by atoms with Crippen LogP contribution in [-0.4, -0.2) is 42.0 Å². The number of fused-ring (bicyclic) bond motifs is 1. The van der Waals surface area contributed by atoms with Crippen LogP contribution in [0.3, 0.4) is 0 Å². The largest absolute Gasteiger partial charge is 0.493 e. The second-order valence-corrected chi connectivity index (χ2v) is 7.10. The zero-order valence-corrected chi connectivity index (χ0v) is 16.1. The fourth-order valence-corrected chi connectivity index (χ4v) is 3.75. The molecule has 0 saturated heterocycles. The Morgan fingerprint density at radius 1 is 1.19 bits per heavy atom. The van der Waals surface area contributed by atoms with Crippen molar-refractivity contribution in [1.29, 1.82) is 0 Å². The van der Waals surface area contributed by atoms with Gasteiger partial charge in [-0.05, 0) is 23.6 Å². The molecule has 0 fully saturated rings. The van der Waals surface area contributed by atoms with Gasteiger partial charge < -0.3 is 9.47 Å². The van der Waals surface area contributed by atoms with Crippen LogP contribution < -0.4 is 20.3 Å². The summed E-state index contributed by atoms with van der Waals surface area (Å²) in [4.78, 5) is 24.4. The van der Waals surface area contributed by atoms with Gasteiger partial charge in [-0.1, -0.05) is 17.8 Å². The van der Waals surface area contributed by atoms with Gasteiger partial charge in [0.05, 0.1) is 36.4 Å². The second kappa shape index (κ2) is 8.69. The van der Waals surface area contributed by atoms with Gasteiger partial charge in [0.25, 0.3) is 5.91 Å². The molecule has 2 amide bonds. The molecule has 2 aromatic heterocycles. The van der Waals surface area contributed by atoms with Crippen LogP contribution >= 0.6 is 23.1 Å². The second-order valence-electron chi connectivity index (χ2n) is 5.18. The zero-order chi connectivity index (χ0) is 19.2. The maximum Gasteiger partial charge on any atom is 0.279 e. The first-order valence-electron chi connectivity index (χ1n) is 7.76. The molecule has 27 heavy (non-hydrogen) atoms. The SMILES string of the molecule is COc1ccc2cnnc(SCC(=O)NNC(=O)c3cccs3)c2c1OC. The molecule has 2 N–H and O–H groups in total. The number of ether oxygens (including phenoxy) is 2. The zero-order valence-electron chi connectivity index (χ0n) is 14.5. The Morgan fingerprint density at radius 3 is 2.74 bits per heavy atom. The van der Waals surface area contributed by atoms with Crippen LogP contribution in [0.2, 0.25) is 0 Å². The van der Waals surface area contributed by atoms with Crippen LogP contribution in [0.1, 0.15) is 9.67 Å². The van der Waals surface area contributed by atoms with E-state index in [9.17, 15) is 9.59 Å². The molecular weight excluding hydrogens is 388 g/mol. The van der Waals surface area contributed by atoms with Crippen molar-refractivity contribution in [2.75, 3.05) is 20.0 Å². The van der Waals surface area contributed by atoms with Crippen molar-refractivity contribution in [1.82, 2.24) is 21.0 Å². The highest BCUT2D eigenvalue weighted by atomic mass is 32.2. The van der Waals surface area contributed by atoms with E-state index in [1.165, 1.54) is 23.1 Å². The monoisotopic (exact) mass is 404 g/mol. The number of rotatable bonds is 6. The molecule has 10 heteroatoms. The normalized spacial score (nSPS) is 10.4. The van der Waals surface area contributed by atoms with Gasteiger partial charge in [-0.3, -0.25) is 20.4 Å². The van der Waals surface area contributed by atoms with Crippen LogP contribution in [0.4, 0.5) is 0 Å². The van der Waals surface area contributed by atoms with Gasteiger partial charge in [-0.15, -0.1) is 16.4 Å². The first-order chi connectivity index (χ1) is 13.1. The molecule has 0 saturated carbocycles. The quantitative estimate of drug-likeness (QED) is 0.480. The first-order valence-corrected chi connectivity index (χ1v) is 9.62. The van der Waals surface area contributed by atoms with E-state index in [0.717, 1.165) is 5.39 Å². The molecule has 0 atom stereocenters. The number of hydrazine groups is 1. The van der Waals surface area contributed by atoms with Crippen molar-refractivity contribution in [3.05, 3.63) is 40.7 Å². The van der Waals surface area contributed by atoms with Crippen LogP contribution in [0.15, 0.2) is 40.9 Å². The summed E-state index contributed by atoms with van der Waals surface area (Å²) >= 11 is 2.48. The molecule has 3 aromatic rings. The molecule has 8 nitrogen and oxygen atoms in total. The van der Waals surface area contributed by atoms with Crippen LogP contribution in [-0.2, 0) is 4.79 Å². The number of benzene rings is 1. The molecule has 0 aliphatic rings. The van der Waals surface area contributed by atoms with Crippen molar-refractivity contribution >= 4 is 45.7 Å². The fraction of sp³-hybridized carbons (Fsp3) is 0.176. The molecule has 2 heterocycles. The van der Waals surface area contributed by atoms with Gasteiger partial charge in [-0.25, -0.2) is 0 Å². The molecule has 1 aromatic carbocycles. The number of thiophene rings is 1. The average molecular weight is 404 g/mol. The van der Waals surface area contributed by atoms with Gasteiger partial charge in [0.1, 0.15) is 5.03 Å². The predicted octanol–water partition coefficient (Wildman–Crippen LogP) is 2.26. The number of hydrogen-bond acceptors (Lipinski definition) is 8. The lowest BCUT2D eigenvalue weighted by atomic mass is 10.2. The number of amides is 2. The molecule has 0 spiro atoms. The summed E-state index contributed by atoms with van der Waals surface area (Å²) in [5, 5.41) is 11.9. The number of hydrogen-bond donors (Lipinski definition) is 2. The number of methoxy groups -OCH3 is 2. The smallest absolute Gasteiger partial charge is 0.279 e. The highest BCUT2D eigenvalue weighted by molar-refractivity contribution is 8.00. The highest BCUT2D eigenvalue weighted by Gasteiger charge is 2.16. The summed E-state index contributed by atoms with van der Waals surface area (Å²) in [6, 6.07) is 7.06. The number of carbonyl (C=O) groups is 2. The maximum atomic E-state index is 12.1. The summed E-state index contributed by atoms with van der Waals surface area (Å²) in [7, 11) is 3.09. The lowest BCUT2D eigenvalue weighted by Crippen LogP contribution is -2.42. The standard InChI is InChI=1S/C17H16N4O4S2/c1-24-11-6-5-10-8-18-21-17(14(10)15(11)25-2)27-9-13(22)19-20-16(23)12-4-3-7-26-12/h3-8H,9H2,1-2H3,(H,19,22)(H,20,23). The van der Waals surface area contributed by atoms with E-state index in [4.69, 9.17) is 9.47 Å². The lowest BCUT2D eigenvalue weighted by molar-refractivity contribution is -0.119. The van der Waals surface area contributed by atoms with E-state index in [1.54, 1.807) is 44.0 Å². The molecular formula is C17H16N4O4S2. The topological polar surface area (TPSA) is 102 Å². The van der Waals surface area contributed by atoms with Gasteiger partial charge in [0.15, 0.2) is 11.5 Å². The van der Waals surface area contributed by atoms with Crippen LogP contribution in [0.25, 0.3) is 10.8 Å². The molecule has 140 valence electrons. The third-order valence-corrected chi connectivity index (χ3v) is 5.37. The lowest BCUT2D eigenvalue weighted by Gasteiger charge is -2.12. The number of nitrogens with one attached hydrogen (secondary N) is 2. The average Bonchev–Trinajstić information content (AvgIpc) is 3.24.